The first-order valence-corrected chi connectivity index (χ1v) is 5.50. The van der Waals surface area contributed by atoms with Crippen LogP contribution in [0.2, 0.25) is 0 Å². The number of aromatic hydroxyl groups is 1. The van der Waals surface area contributed by atoms with Crippen LogP contribution >= 0.6 is 0 Å². The first-order valence-electron chi connectivity index (χ1n) is 5.50. The molecule has 0 unspecified atom stereocenters. The zero-order valence-electron chi connectivity index (χ0n) is 10.9. The standard InChI is InChI=1S/C12H16N2O5/c1-12(2,3)19-11(17)13-7-4-5-8(9(15)6-7)10(16)14-18/h4-6,15,18H,1-3H3,(H,13,17)(H,14,16). The van der Waals surface area contributed by atoms with E-state index in [1.165, 1.54) is 23.7 Å². The molecule has 0 heterocycles. The van der Waals surface area contributed by atoms with Gasteiger partial charge in [0, 0.05) is 11.8 Å². The smallest absolute Gasteiger partial charge is 0.412 e. The Morgan fingerprint density at radius 3 is 2.37 bits per heavy atom. The SMILES string of the molecule is CC(C)(C)OC(=O)Nc1ccc(C(=O)NO)c(O)c1. The molecule has 1 aromatic carbocycles. The van der Waals surface area contributed by atoms with Crippen LogP contribution in [0.25, 0.3) is 0 Å². The average Bonchev–Trinajstić information content (AvgIpc) is 2.25. The minimum Gasteiger partial charge on any atom is -0.507 e. The average molecular weight is 268 g/mol. The summed E-state index contributed by atoms with van der Waals surface area (Å²) in [4.78, 5) is 22.6. The lowest BCUT2D eigenvalue weighted by Crippen LogP contribution is -2.27. The number of nitrogens with one attached hydrogen (secondary N) is 2. The molecular weight excluding hydrogens is 252 g/mol. The Kier molecular flexibility index (Phi) is 4.34. The summed E-state index contributed by atoms with van der Waals surface area (Å²) in [5.74, 6) is -1.22. The van der Waals surface area contributed by atoms with Gasteiger partial charge in [-0.05, 0) is 32.9 Å². The van der Waals surface area contributed by atoms with Gasteiger partial charge in [-0.2, -0.15) is 0 Å². The Hall–Kier alpha value is -2.28. The molecular formula is C12H16N2O5. The topological polar surface area (TPSA) is 108 Å². The van der Waals surface area contributed by atoms with Crippen LogP contribution in [-0.4, -0.2) is 27.9 Å². The second-order valence-corrected chi connectivity index (χ2v) is 4.80. The number of hydrogen-bond acceptors (Lipinski definition) is 5. The summed E-state index contributed by atoms with van der Waals surface area (Å²) in [6.07, 6.45) is -0.675. The summed E-state index contributed by atoms with van der Waals surface area (Å²) in [6, 6.07) is 3.83. The maximum atomic E-state index is 11.5. The predicted molar refractivity (Wildman–Crippen MR) is 67.2 cm³/mol. The number of hydroxylamine groups is 1. The van der Waals surface area contributed by atoms with E-state index in [9.17, 15) is 14.7 Å². The maximum absolute atomic E-state index is 11.5. The molecule has 7 nitrogen and oxygen atoms in total. The molecule has 0 saturated carbocycles. The van der Waals surface area contributed by atoms with Crippen molar-refractivity contribution in [3.63, 3.8) is 0 Å². The number of carbonyl (C=O) groups excluding carboxylic acids is 2. The van der Waals surface area contributed by atoms with E-state index in [2.05, 4.69) is 5.32 Å². The van der Waals surface area contributed by atoms with Crippen LogP contribution in [0.15, 0.2) is 18.2 Å². The maximum Gasteiger partial charge on any atom is 0.412 e. The fourth-order valence-corrected chi connectivity index (χ4v) is 1.28. The number of hydrogen-bond donors (Lipinski definition) is 4. The van der Waals surface area contributed by atoms with Crippen LogP contribution in [-0.2, 0) is 4.74 Å². The fraction of sp³-hybridized carbons (Fsp3) is 0.333. The molecule has 2 amide bonds. The van der Waals surface area contributed by atoms with Crippen LogP contribution in [0.1, 0.15) is 31.1 Å². The van der Waals surface area contributed by atoms with Crippen LogP contribution in [0.3, 0.4) is 0 Å². The molecule has 4 N–H and O–H groups in total. The van der Waals surface area contributed by atoms with Gasteiger partial charge in [0.25, 0.3) is 5.91 Å². The van der Waals surface area contributed by atoms with E-state index in [1.807, 2.05) is 0 Å². The number of carbonyl (C=O) groups is 2. The third-order valence-electron chi connectivity index (χ3n) is 1.99. The Morgan fingerprint density at radius 2 is 1.89 bits per heavy atom. The second-order valence-electron chi connectivity index (χ2n) is 4.80. The van der Waals surface area contributed by atoms with Gasteiger partial charge in [0.15, 0.2) is 0 Å². The third-order valence-corrected chi connectivity index (χ3v) is 1.99. The second kappa shape index (κ2) is 5.57. The van der Waals surface area contributed by atoms with E-state index in [4.69, 9.17) is 9.94 Å². The highest BCUT2D eigenvalue weighted by Crippen LogP contribution is 2.22. The van der Waals surface area contributed by atoms with Gasteiger partial charge in [-0.3, -0.25) is 15.3 Å². The number of rotatable bonds is 2. The highest BCUT2D eigenvalue weighted by Gasteiger charge is 2.17. The van der Waals surface area contributed by atoms with Crippen molar-refractivity contribution in [3.8, 4) is 5.75 Å². The summed E-state index contributed by atoms with van der Waals surface area (Å²) in [6.45, 7) is 5.16. The molecule has 0 spiro atoms. The first-order chi connectivity index (χ1) is 8.73. The van der Waals surface area contributed by atoms with Gasteiger partial charge >= 0.3 is 6.09 Å². The van der Waals surface area contributed by atoms with Gasteiger partial charge in [0.1, 0.15) is 11.4 Å². The van der Waals surface area contributed by atoms with Crippen LogP contribution in [0.5, 0.6) is 5.75 Å². The van der Waals surface area contributed by atoms with Crippen molar-refractivity contribution in [2.75, 3.05) is 5.32 Å². The molecule has 1 rings (SSSR count). The Labute approximate surface area is 110 Å². The molecule has 0 fully saturated rings. The summed E-state index contributed by atoms with van der Waals surface area (Å²) in [7, 11) is 0. The van der Waals surface area contributed by atoms with Crippen molar-refractivity contribution in [1.29, 1.82) is 0 Å². The Balaban J connectivity index is 2.79. The predicted octanol–water partition coefficient (Wildman–Crippen LogP) is 1.86. The molecule has 0 atom stereocenters. The van der Waals surface area contributed by atoms with E-state index in [0.29, 0.717) is 0 Å². The quantitative estimate of drug-likeness (QED) is 0.483. The third kappa shape index (κ3) is 4.47. The van der Waals surface area contributed by atoms with E-state index in [-0.39, 0.29) is 17.0 Å². The minimum atomic E-state index is -0.846. The molecule has 0 aliphatic heterocycles. The Bertz CT molecular complexity index is 493. The fourth-order valence-electron chi connectivity index (χ4n) is 1.28. The molecule has 1 aromatic rings. The van der Waals surface area contributed by atoms with Gasteiger partial charge in [0.05, 0.1) is 5.56 Å². The van der Waals surface area contributed by atoms with Crippen LogP contribution in [0, 0.1) is 0 Å². The van der Waals surface area contributed by atoms with E-state index >= 15 is 0 Å². The number of phenolic OH excluding ortho intramolecular Hbond substituents is 1. The highest BCUT2D eigenvalue weighted by atomic mass is 16.6. The van der Waals surface area contributed by atoms with E-state index in [1.54, 1.807) is 20.8 Å². The van der Waals surface area contributed by atoms with Crippen LogP contribution < -0.4 is 10.8 Å². The lowest BCUT2D eigenvalue weighted by molar-refractivity contribution is 0.0635. The summed E-state index contributed by atoms with van der Waals surface area (Å²) >= 11 is 0. The zero-order valence-corrected chi connectivity index (χ0v) is 10.9. The lowest BCUT2D eigenvalue weighted by Gasteiger charge is -2.19. The molecule has 7 heteroatoms. The molecule has 0 saturated heterocycles. The van der Waals surface area contributed by atoms with Crippen molar-refractivity contribution in [1.82, 2.24) is 5.48 Å². The molecule has 104 valence electrons. The molecule has 0 aliphatic carbocycles. The van der Waals surface area contributed by atoms with E-state index < -0.39 is 17.6 Å². The largest absolute Gasteiger partial charge is 0.507 e. The van der Waals surface area contributed by atoms with Gasteiger partial charge in [-0.1, -0.05) is 0 Å². The number of anilines is 1. The minimum absolute atomic E-state index is 0.114. The number of benzene rings is 1. The number of ether oxygens (including phenoxy) is 1. The first kappa shape index (κ1) is 14.8. The highest BCUT2D eigenvalue weighted by molar-refractivity contribution is 5.97. The monoisotopic (exact) mass is 268 g/mol. The normalized spacial score (nSPS) is 10.7. The van der Waals surface area contributed by atoms with Crippen molar-refractivity contribution in [2.45, 2.75) is 26.4 Å². The molecule has 0 aromatic heterocycles. The van der Waals surface area contributed by atoms with Gasteiger partial charge < -0.3 is 9.84 Å². The molecule has 0 bridgehead atoms. The van der Waals surface area contributed by atoms with Crippen LogP contribution in [0.4, 0.5) is 10.5 Å². The van der Waals surface area contributed by atoms with Crippen molar-refractivity contribution in [3.05, 3.63) is 23.8 Å². The summed E-state index contributed by atoms with van der Waals surface area (Å²) < 4.78 is 5.03. The van der Waals surface area contributed by atoms with E-state index in [0.717, 1.165) is 0 Å². The van der Waals surface area contributed by atoms with Crippen molar-refractivity contribution in [2.24, 2.45) is 0 Å². The van der Waals surface area contributed by atoms with Gasteiger partial charge in [0.2, 0.25) is 0 Å². The Morgan fingerprint density at radius 1 is 1.26 bits per heavy atom. The van der Waals surface area contributed by atoms with Gasteiger partial charge in [-0.15, -0.1) is 0 Å². The summed E-state index contributed by atoms with van der Waals surface area (Å²) in [5.41, 5.74) is 0.918. The zero-order chi connectivity index (χ0) is 14.6. The molecule has 0 aliphatic rings. The molecule has 0 radical (unpaired) electrons. The molecule has 19 heavy (non-hydrogen) atoms. The summed E-state index contributed by atoms with van der Waals surface area (Å²) in [5, 5.41) is 20.4. The van der Waals surface area contributed by atoms with Gasteiger partial charge in [-0.25, -0.2) is 10.3 Å². The lowest BCUT2D eigenvalue weighted by atomic mass is 10.1. The number of amides is 2. The van der Waals surface area contributed by atoms with Crippen molar-refractivity contribution >= 4 is 17.7 Å². The number of phenols is 1. The van der Waals surface area contributed by atoms with Crippen molar-refractivity contribution < 1.29 is 24.6 Å².